The fraction of sp³-hybridized carbons (Fsp3) is 0.500. The van der Waals surface area contributed by atoms with Gasteiger partial charge in [-0.15, -0.1) is 0 Å². The summed E-state index contributed by atoms with van der Waals surface area (Å²) in [5.41, 5.74) is 0.507. The highest BCUT2D eigenvalue weighted by molar-refractivity contribution is 5.90. The number of amides is 1. The number of carboxylic acid groups (broad SMARTS) is 1. The van der Waals surface area contributed by atoms with E-state index in [2.05, 4.69) is 15.7 Å². The van der Waals surface area contributed by atoms with Crippen LogP contribution in [-0.2, 0) is 16.1 Å². The van der Waals surface area contributed by atoms with Crippen LogP contribution in [0.5, 0.6) is 0 Å². The molecule has 0 spiro atoms. The van der Waals surface area contributed by atoms with E-state index < -0.39 is 5.97 Å². The quantitative estimate of drug-likeness (QED) is 0.579. The van der Waals surface area contributed by atoms with Crippen LogP contribution in [0.15, 0.2) is 12.4 Å². The van der Waals surface area contributed by atoms with Crippen molar-refractivity contribution in [2.75, 3.05) is 18.4 Å². The first kappa shape index (κ1) is 13.2. The van der Waals surface area contributed by atoms with Crippen molar-refractivity contribution in [3.05, 3.63) is 12.4 Å². The second kappa shape index (κ2) is 6.64. The maximum Gasteiger partial charge on any atom is 0.325 e. The number of carbonyl (C=O) groups is 2. The maximum absolute atomic E-state index is 11.4. The molecule has 94 valence electrons. The van der Waals surface area contributed by atoms with Gasteiger partial charge in [0.25, 0.3) is 0 Å². The van der Waals surface area contributed by atoms with Crippen LogP contribution in [-0.4, -0.2) is 39.9 Å². The number of carbonyl (C=O) groups excluding carboxylic acids is 1. The van der Waals surface area contributed by atoms with E-state index in [9.17, 15) is 9.59 Å². The van der Waals surface area contributed by atoms with Gasteiger partial charge >= 0.3 is 5.97 Å². The molecular weight excluding hydrogens is 224 g/mol. The molecule has 1 aromatic rings. The molecule has 0 saturated heterocycles. The van der Waals surface area contributed by atoms with Crippen molar-refractivity contribution in [2.24, 2.45) is 0 Å². The number of aliphatic carboxylic acids is 1. The Hall–Kier alpha value is -1.89. The van der Waals surface area contributed by atoms with Crippen LogP contribution in [0.2, 0.25) is 0 Å². The van der Waals surface area contributed by atoms with Crippen molar-refractivity contribution in [3.63, 3.8) is 0 Å². The van der Waals surface area contributed by atoms with Gasteiger partial charge in [0.1, 0.15) is 6.54 Å². The average molecular weight is 240 g/mol. The van der Waals surface area contributed by atoms with Crippen LogP contribution >= 0.6 is 0 Å². The standard InChI is InChI=1S/C10H16N4O3/c1-2-11-4-3-9(15)13-8-5-12-14(6-8)7-10(16)17/h5-6,11H,2-4,7H2,1H3,(H,13,15)(H,16,17). The zero-order chi connectivity index (χ0) is 12.7. The van der Waals surface area contributed by atoms with Crippen LogP contribution in [0.4, 0.5) is 5.69 Å². The average Bonchev–Trinajstić information content (AvgIpc) is 2.64. The van der Waals surface area contributed by atoms with Crippen LogP contribution in [0.3, 0.4) is 0 Å². The predicted molar refractivity (Wildman–Crippen MR) is 61.7 cm³/mol. The van der Waals surface area contributed by atoms with Gasteiger partial charge < -0.3 is 15.7 Å². The van der Waals surface area contributed by atoms with E-state index >= 15 is 0 Å². The first-order valence-electron chi connectivity index (χ1n) is 5.36. The molecular formula is C10H16N4O3. The summed E-state index contributed by atoms with van der Waals surface area (Å²) in [4.78, 5) is 21.8. The van der Waals surface area contributed by atoms with Gasteiger partial charge in [-0.3, -0.25) is 14.3 Å². The summed E-state index contributed by atoms with van der Waals surface area (Å²) in [6.45, 7) is 3.19. The number of hydrogen-bond donors (Lipinski definition) is 3. The summed E-state index contributed by atoms with van der Waals surface area (Å²) in [6.07, 6.45) is 3.28. The summed E-state index contributed by atoms with van der Waals surface area (Å²) in [6, 6.07) is 0. The number of hydrogen-bond acceptors (Lipinski definition) is 4. The molecule has 0 bridgehead atoms. The molecule has 0 unspecified atom stereocenters. The Kier molecular flexibility index (Phi) is 5.15. The maximum atomic E-state index is 11.4. The predicted octanol–water partition coefficient (Wildman–Crippen LogP) is -0.0942. The number of nitrogens with zero attached hydrogens (tertiary/aromatic N) is 2. The first-order valence-corrected chi connectivity index (χ1v) is 5.36. The monoisotopic (exact) mass is 240 g/mol. The molecule has 0 radical (unpaired) electrons. The smallest absolute Gasteiger partial charge is 0.325 e. The molecule has 7 nitrogen and oxygen atoms in total. The van der Waals surface area contributed by atoms with Gasteiger partial charge in [0.2, 0.25) is 5.91 Å². The van der Waals surface area contributed by atoms with Crippen molar-refractivity contribution >= 4 is 17.6 Å². The number of rotatable bonds is 7. The van der Waals surface area contributed by atoms with Gasteiger partial charge in [-0.05, 0) is 6.54 Å². The molecule has 3 N–H and O–H groups in total. The molecule has 0 aliphatic rings. The molecule has 1 aromatic heterocycles. The molecule has 1 rings (SSSR count). The normalized spacial score (nSPS) is 10.2. The van der Waals surface area contributed by atoms with Crippen molar-refractivity contribution < 1.29 is 14.7 Å². The first-order chi connectivity index (χ1) is 8.11. The van der Waals surface area contributed by atoms with E-state index in [1.807, 2.05) is 6.92 Å². The van der Waals surface area contributed by atoms with Crippen molar-refractivity contribution in [1.29, 1.82) is 0 Å². The minimum absolute atomic E-state index is 0.124. The molecule has 0 atom stereocenters. The fourth-order valence-corrected chi connectivity index (χ4v) is 1.26. The summed E-state index contributed by atoms with van der Waals surface area (Å²) >= 11 is 0. The van der Waals surface area contributed by atoms with Crippen molar-refractivity contribution in [1.82, 2.24) is 15.1 Å². The Bertz CT molecular complexity index is 389. The summed E-state index contributed by atoms with van der Waals surface area (Å²) in [5.74, 6) is -1.10. The number of carboxylic acids is 1. The molecule has 17 heavy (non-hydrogen) atoms. The second-order valence-electron chi connectivity index (χ2n) is 3.47. The van der Waals surface area contributed by atoms with Gasteiger partial charge in [0, 0.05) is 19.2 Å². The minimum atomic E-state index is -0.974. The summed E-state index contributed by atoms with van der Waals surface area (Å²) in [7, 11) is 0. The van der Waals surface area contributed by atoms with E-state index in [0.29, 0.717) is 18.7 Å². The molecule has 0 aromatic carbocycles. The zero-order valence-corrected chi connectivity index (χ0v) is 9.64. The van der Waals surface area contributed by atoms with E-state index in [-0.39, 0.29) is 12.5 Å². The minimum Gasteiger partial charge on any atom is -0.480 e. The van der Waals surface area contributed by atoms with Gasteiger partial charge in [-0.1, -0.05) is 6.92 Å². The number of nitrogens with one attached hydrogen (secondary N) is 2. The molecule has 0 aliphatic heterocycles. The third-order valence-corrected chi connectivity index (χ3v) is 1.99. The van der Waals surface area contributed by atoms with E-state index in [1.165, 1.54) is 17.1 Å². The van der Waals surface area contributed by atoms with Gasteiger partial charge in [0.05, 0.1) is 11.9 Å². The van der Waals surface area contributed by atoms with Crippen LogP contribution in [0.1, 0.15) is 13.3 Å². The molecule has 0 fully saturated rings. The topological polar surface area (TPSA) is 96.3 Å². The third kappa shape index (κ3) is 5.12. The Morgan fingerprint density at radius 1 is 1.53 bits per heavy atom. The Morgan fingerprint density at radius 2 is 2.29 bits per heavy atom. The highest BCUT2D eigenvalue weighted by Crippen LogP contribution is 2.04. The molecule has 0 saturated carbocycles. The van der Waals surface area contributed by atoms with Crippen LogP contribution < -0.4 is 10.6 Å². The lowest BCUT2D eigenvalue weighted by atomic mass is 10.4. The lowest BCUT2D eigenvalue weighted by Gasteiger charge is -2.02. The van der Waals surface area contributed by atoms with E-state index in [1.54, 1.807) is 0 Å². The lowest BCUT2D eigenvalue weighted by Crippen LogP contribution is -2.21. The summed E-state index contributed by atoms with van der Waals surface area (Å²) in [5, 5.41) is 18.0. The fourth-order valence-electron chi connectivity index (χ4n) is 1.26. The summed E-state index contributed by atoms with van der Waals surface area (Å²) < 4.78 is 1.25. The highest BCUT2D eigenvalue weighted by atomic mass is 16.4. The van der Waals surface area contributed by atoms with Crippen LogP contribution in [0, 0.1) is 0 Å². The molecule has 7 heteroatoms. The van der Waals surface area contributed by atoms with E-state index in [0.717, 1.165) is 6.54 Å². The molecule has 1 amide bonds. The van der Waals surface area contributed by atoms with Crippen molar-refractivity contribution in [2.45, 2.75) is 19.9 Å². The van der Waals surface area contributed by atoms with Gasteiger partial charge in [0.15, 0.2) is 0 Å². The number of anilines is 1. The van der Waals surface area contributed by atoms with Crippen molar-refractivity contribution in [3.8, 4) is 0 Å². The lowest BCUT2D eigenvalue weighted by molar-refractivity contribution is -0.137. The van der Waals surface area contributed by atoms with Gasteiger partial charge in [-0.25, -0.2) is 0 Å². The molecule has 1 heterocycles. The Labute approximate surface area is 98.8 Å². The number of aromatic nitrogens is 2. The Balaban J connectivity index is 2.38. The third-order valence-electron chi connectivity index (χ3n) is 1.99. The second-order valence-corrected chi connectivity index (χ2v) is 3.47. The largest absolute Gasteiger partial charge is 0.480 e. The molecule has 0 aliphatic carbocycles. The highest BCUT2D eigenvalue weighted by Gasteiger charge is 2.05. The van der Waals surface area contributed by atoms with Gasteiger partial charge in [-0.2, -0.15) is 5.10 Å². The van der Waals surface area contributed by atoms with Crippen LogP contribution in [0.25, 0.3) is 0 Å². The SMILES string of the molecule is CCNCCC(=O)Nc1cnn(CC(=O)O)c1. The van der Waals surface area contributed by atoms with E-state index in [4.69, 9.17) is 5.11 Å². The zero-order valence-electron chi connectivity index (χ0n) is 9.64. The Morgan fingerprint density at radius 3 is 2.94 bits per heavy atom.